The van der Waals surface area contributed by atoms with Gasteiger partial charge in [-0.05, 0) is 59.8 Å². The lowest BCUT2D eigenvalue weighted by Gasteiger charge is -2.18. The molecule has 0 aliphatic heterocycles. The molecule has 1 aromatic heterocycles. The molecule has 3 aromatic carbocycles. The van der Waals surface area contributed by atoms with Gasteiger partial charge in [0, 0.05) is 21.6 Å². The fraction of sp³-hybridized carbons (Fsp3) is 0.0455. The van der Waals surface area contributed by atoms with Gasteiger partial charge in [-0.15, -0.1) is 0 Å². The first-order valence-corrected chi connectivity index (χ1v) is 9.39. The van der Waals surface area contributed by atoms with Crippen LogP contribution in [0.3, 0.4) is 0 Å². The summed E-state index contributed by atoms with van der Waals surface area (Å²) in [5, 5.41) is 2.40. The second-order valence-corrected chi connectivity index (χ2v) is 7.26. The molecular formula is C22H16BCl2NO. The van der Waals surface area contributed by atoms with E-state index in [0.29, 0.717) is 10.0 Å². The maximum atomic E-state index is 6.49. The molecule has 0 saturated heterocycles. The number of hydrogen-bond acceptors (Lipinski definition) is 2. The second kappa shape index (κ2) is 7.63. The molecule has 0 amide bonds. The zero-order valence-corrected chi connectivity index (χ0v) is 16.2. The largest absolute Gasteiger partial charge is 0.550 e. The van der Waals surface area contributed by atoms with Crippen molar-refractivity contribution in [2.75, 3.05) is 0 Å². The Labute approximate surface area is 168 Å². The van der Waals surface area contributed by atoms with Crippen LogP contribution in [0.4, 0.5) is 0 Å². The van der Waals surface area contributed by atoms with Gasteiger partial charge in [-0.2, -0.15) is 0 Å². The summed E-state index contributed by atoms with van der Waals surface area (Å²) in [5.41, 5.74) is 3.91. The summed E-state index contributed by atoms with van der Waals surface area (Å²) < 4.78 is 6.49. The highest BCUT2D eigenvalue weighted by Crippen LogP contribution is 2.26. The maximum Gasteiger partial charge on any atom is 0.426 e. The van der Waals surface area contributed by atoms with Crippen LogP contribution in [0.2, 0.25) is 10.0 Å². The van der Waals surface area contributed by atoms with Crippen LogP contribution in [0.1, 0.15) is 5.56 Å². The summed E-state index contributed by atoms with van der Waals surface area (Å²) in [4.78, 5) is 4.54. The van der Waals surface area contributed by atoms with E-state index < -0.39 is 0 Å². The third kappa shape index (κ3) is 3.80. The van der Waals surface area contributed by atoms with Gasteiger partial charge in [-0.25, -0.2) is 0 Å². The monoisotopic (exact) mass is 391 g/mol. The van der Waals surface area contributed by atoms with E-state index in [2.05, 4.69) is 18.0 Å². The number of fused-ring (bicyclic) bond motifs is 1. The summed E-state index contributed by atoms with van der Waals surface area (Å²) in [6.45, 7) is 1.72. The van der Waals surface area contributed by atoms with E-state index in [0.717, 1.165) is 33.1 Å². The first-order chi connectivity index (χ1) is 13.1. The number of benzene rings is 3. The molecule has 0 N–H and O–H groups in total. The van der Waals surface area contributed by atoms with Crippen LogP contribution in [-0.2, 0) is 0 Å². The van der Waals surface area contributed by atoms with Crippen molar-refractivity contribution in [3.63, 3.8) is 0 Å². The van der Waals surface area contributed by atoms with Gasteiger partial charge in [-0.3, -0.25) is 4.98 Å². The third-order valence-corrected chi connectivity index (χ3v) is 4.97. The van der Waals surface area contributed by atoms with E-state index in [1.54, 1.807) is 6.20 Å². The molecule has 0 aliphatic carbocycles. The molecule has 0 atom stereocenters. The Balaban J connectivity index is 1.84. The number of rotatable bonds is 4. The Kier molecular flexibility index (Phi) is 5.06. The van der Waals surface area contributed by atoms with Crippen molar-refractivity contribution in [3.8, 4) is 5.75 Å². The average molecular weight is 392 g/mol. The smallest absolute Gasteiger partial charge is 0.426 e. The molecule has 0 radical (unpaired) electrons. The zero-order valence-electron chi connectivity index (χ0n) is 14.7. The lowest BCUT2D eigenvalue weighted by molar-refractivity contribution is 0.597. The quantitative estimate of drug-likeness (QED) is 0.455. The van der Waals surface area contributed by atoms with Crippen LogP contribution in [0, 0.1) is 6.92 Å². The van der Waals surface area contributed by atoms with Gasteiger partial charge in [0.25, 0.3) is 0 Å². The molecule has 1 heterocycles. The molecular weight excluding hydrogens is 376 g/mol. The van der Waals surface area contributed by atoms with Crippen molar-refractivity contribution in [2.24, 2.45) is 0 Å². The Morgan fingerprint density at radius 3 is 2.07 bits per heavy atom. The summed E-state index contributed by atoms with van der Waals surface area (Å²) >= 11 is 12.5. The molecule has 0 unspecified atom stereocenters. The molecule has 132 valence electrons. The minimum atomic E-state index is -0.352. The van der Waals surface area contributed by atoms with E-state index in [4.69, 9.17) is 27.9 Å². The van der Waals surface area contributed by atoms with Crippen LogP contribution in [0.25, 0.3) is 10.9 Å². The highest BCUT2D eigenvalue weighted by Gasteiger charge is 2.25. The van der Waals surface area contributed by atoms with Crippen molar-refractivity contribution in [1.29, 1.82) is 0 Å². The van der Waals surface area contributed by atoms with Crippen molar-refractivity contribution in [1.82, 2.24) is 4.98 Å². The highest BCUT2D eigenvalue weighted by molar-refractivity contribution is 6.80. The molecule has 4 aromatic rings. The fourth-order valence-corrected chi connectivity index (χ4v) is 3.57. The average Bonchev–Trinajstić information content (AvgIpc) is 2.66. The third-order valence-electron chi connectivity index (χ3n) is 4.50. The van der Waals surface area contributed by atoms with Gasteiger partial charge in [0.1, 0.15) is 11.3 Å². The Hall–Kier alpha value is -2.49. The van der Waals surface area contributed by atoms with Crippen molar-refractivity contribution < 1.29 is 4.65 Å². The van der Waals surface area contributed by atoms with Crippen molar-refractivity contribution >= 4 is 51.9 Å². The summed E-state index contributed by atoms with van der Waals surface area (Å²) in [5.74, 6) is 0.723. The number of hydrogen-bond donors (Lipinski definition) is 0. The molecule has 5 heteroatoms. The first kappa shape index (κ1) is 17.9. The summed E-state index contributed by atoms with van der Waals surface area (Å²) in [6, 6.07) is 23.3. The van der Waals surface area contributed by atoms with Crippen LogP contribution < -0.4 is 15.6 Å². The number of halogens is 2. The van der Waals surface area contributed by atoms with Gasteiger partial charge in [0.05, 0.1) is 0 Å². The van der Waals surface area contributed by atoms with Gasteiger partial charge in [0.2, 0.25) is 0 Å². The van der Waals surface area contributed by atoms with Crippen LogP contribution in [-0.4, -0.2) is 11.9 Å². The predicted molar refractivity (Wildman–Crippen MR) is 115 cm³/mol. The predicted octanol–water partition coefficient (Wildman–Crippen LogP) is 5.03. The molecule has 0 saturated carbocycles. The molecule has 0 bridgehead atoms. The molecule has 0 spiro atoms. The van der Waals surface area contributed by atoms with E-state index in [1.807, 2.05) is 66.7 Å². The Morgan fingerprint density at radius 2 is 1.44 bits per heavy atom. The Morgan fingerprint density at radius 1 is 0.815 bits per heavy atom. The second-order valence-electron chi connectivity index (χ2n) is 6.39. The van der Waals surface area contributed by atoms with Gasteiger partial charge in [0.15, 0.2) is 0 Å². The number of para-hydroxylation sites is 1. The van der Waals surface area contributed by atoms with E-state index in [9.17, 15) is 0 Å². The normalized spacial score (nSPS) is 10.8. The van der Waals surface area contributed by atoms with Gasteiger partial charge < -0.3 is 4.65 Å². The van der Waals surface area contributed by atoms with Crippen molar-refractivity contribution in [3.05, 3.63) is 94.6 Å². The van der Waals surface area contributed by atoms with Gasteiger partial charge >= 0.3 is 6.92 Å². The van der Waals surface area contributed by atoms with E-state index in [-0.39, 0.29) is 6.92 Å². The molecule has 2 nitrogen and oxygen atoms in total. The minimum Gasteiger partial charge on any atom is -0.550 e. The number of aromatic nitrogens is 1. The molecule has 4 rings (SSSR count). The number of aryl methyl sites for hydroxylation is 1. The molecule has 27 heavy (non-hydrogen) atoms. The topological polar surface area (TPSA) is 22.1 Å². The van der Waals surface area contributed by atoms with Crippen molar-refractivity contribution in [2.45, 2.75) is 6.92 Å². The summed E-state index contributed by atoms with van der Waals surface area (Å²) in [7, 11) is 0. The fourth-order valence-electron chi connectivity index (χ4n) is 3.18. The maximum absolute atomic E-state index is 6.49. The van der Waals surface area contributed by atoms with Gasteiger partial charge in [-0.1, -0.05) is 59.6 Å². The lowest BCUT2D eigenvalue weighted by Crippen LogP contribution is -2.47. The summed E-state index contributed by atoms with van der Waals surface area (Å²) in [6.07, 6.45) is 1.80. The minimum absolute atomic E-state index is 0.352. The molecule has 0 fully saturated rings. The SMILES string of the molecule is Cc1ccnc2c(OB(c3cccc(Cl)c3)c3cccc(Cl)c3)cccc12. The Bertz CT molecular complexity index is 1070. The van der Waals surface area contributed by atoms with E-state index in [1.165, 1.54) is 0 Å². The number of pyridine rings is 1. The standard InChI is InChI=1S/C22H16BCl2NO/c1-15-11-12-26-22-20(15)9-4-10-21(22)27-23(16-5-2-7-18(24)13-16)17-6-3-8-19(25)14-17/h2-14H,1H3. The van der Waals surface area contributed by atoms with Crippen LogP contribution in [0.5, 0.6) is 5.75 Å². The first-order valence-electron chi connectivity index (χ1n) is 8.64. The van der Waals surface area contributed by atoms with Crippen LogP contribution in [0.15, 0.2) is 79.0 Å². The highest BCUT2D eigenvalue weighted by atomic mass is 35.5. The molecule has 0 aliphatic rings. The number of nitrogens with zero attached hydrogens (tertiary/aromatic N) is 1. The zero-order chi connectivity index (χ0) is 18.8. The van der Waals surface area contributed by atoms with Crippen LogP contribution >= 0.6 is 23.2 Å². The van der Waals surface area contributed by atoms with E-state index >= 15 is 0 Å². The lowest BCUT2D eigenvalue weighted by atomic mass is 9.55.